The van der Waals surface area contributed by atoms with E-state index in [2.05, 4.69) is 22.5 Å². The number of rotatable bonds is 7. The molecule has 2 fully saturated rings. The molecule has 2 rings (SSSR count). The van der Waals surface area contributed by atoms with Crippen molar-refractivity contribution in [2.45, 2.75) is 44.3 Å². The molecule has 2 N–H and O–H groups in total. The summed E-state index contributed by atoms with van der Waals surface area (Å²) in [5.74, 6) is 0.0598. The molecule has 5 nitrogen and oxygen atoms in total. The second-order valence-corrected chi connectivity index (χ2v) is 5.43. The maximum atomic E-state index is 11.5. The third kappa shape index (κ3) is 3.93. The quantitative estimate of drug-likeness (QED) is 0.627. The van der Waals surface area contributed by atoms with Crippen LogP contribution in [0.15, 0.2) is 0 Å². The molecule has 2 unspecified atom stereocenters. The van der Waals surface area contributed by atoms with Crippen LogP contribution in [0.1, 0.15) is 26.2 Å². The average Bonchev–Trinajstić information content (AvgIpc) is 3.11. The van der Waals surface area contributed by atoms with Gasteiger partial charge in [-0.15, -0.1) is 0 Å². The number of ether oxygens (including phenoxy) is 1. The molecule has 1 saturated carbocycles. The van der Waals surface area contributed by atoms with Gasteiger partial charge in [0.1, 0.15) is 0 Å². The average molecular weight is 255 g/mol. The van der Waals surface area contributed by atoms with Crippen LogP contribution in [0, 0.1) is 0 Å². The number of hydrogen-bond acceptors (Lipinski definition) is 4. The molecule has 1 aliphatic carbocycles. The van der Waals surface area contributed by atoms with Gasteiger partial charge in [0, 0.05) is 38.3 Å². The number of hydrogen-bond donors (Lipinski definition) is 2. The highest BCUT2D eigenvalue weighted by Gasteiger charge is 2.38. The molecule has 2 atom stereocenters. The van der Waals surface area contributed by atoms with E-state index in [4.69, 9.17) is 4.74 Å². The van der Waals surface area contributed by atoms with Crippen LogP contribution in [-0.2, 0) is 9.53 Å². The third-order valence-electron chi connectivity index (χ3n) is 3.82. The van der Waals surface area contributed by atoms with Gasteiger partial charge < -0.3 is 15.4 Å². The molecular weight excluding hydrogens is 230 g/mol. The Morgan fingerprint density at radius 2 is 2.22 bits per heavy atom. The van der Waals surface area contributed by atoms with Gasteiger partial charge in [-0.05, 0) is 26.2 Å². The summed E-state index contributed by atoms with van der Waals surface area (Å²) in [6.45, 7) is 4.96. The summed E-state index contributed by atoms with van der Waals surface area (Å²) >= 11 is 0. The van der Waals surface area contributed by atoms with E-state index in [1.807, 2.05) is 0 Å². The van der Waals surface area contributed by atoms with Crippen molar-refractivity contribution in [3.8, 4) is 0 Å². The lowest BCUT2D eigenvalue weighted by Crippen LogP contribution is -2.41. The number of carbonyl (C=O) groups excluding carboxylic acids is 1. The Balaban J connectivity index is 1.60. The van der Waals surface area contributed by atoms with Crippen molar-refractivity contribution < 1.29 is 9.53 Å². The fraction of sp³-hybridized carbons (Fsp3) is 0.923. The summed E-state index contributed by atoms with van der Waals surface area (Å²) in [6.07, 6.45) is 3.87. The molecule has 1 aliphatic heterocycles. The molecule has 0 aromatic carbocycles. The monoisotopic (exact) mass is 255 g/mol. The van der Waals surface area contributed by atoms with Crippen LogP contribution < -0.4 is 10.6 Å². The second kappa shape index (κ2) is 6.50. The number of carbonyl (C=O) groups is 1. The minimum absolute atomic E-state index is 0.0598. The molecule has 104 valence electrons. The first kappa shape index (κ1) is 13.8. The Hall–Kier alpha value is -0.650. The van der Waals surface area contributed by atoms with Crippen molar-refractivity contribution in [3.05, 3.63) is 0 Å². The number of methoxy groups -OCH3 is 1. The van der Waals surface area contributed by atoms with E-state index >= 15 is 0 Å². The lowest BCUT2D eigenvalue weighted by Gasteiger charge is -2.19. The van der Waals surface area contributed by atoms with Gasteiger partial charge in [0.15, 0.2) is 0 Å². The minimum Gasteiger partial charge on any atom is -0.383 e. The number of nitrogens with one attached hydrogen (secondary N) is 2. The van der Waals surface area contributed by atoms with Gasteiger partial charge in [-0.25, -0.2) is 0 Å². The Morgan fingerprint density at radius 1 is 1.44 bits per heavy atom. The highest BCUT2D eigenvalue weighted by molar-refractivity contribution is 5.77. The largest absolute Gasteiger partial charge is 0.383 e. The first-order valence-corrected chi connectivity index (χ1v) is 6.95. The van der Waals surface area contributed by atoms with Crippen molar-refractivity contribution in [2.24, 2.45) is 0 Å². The third-order valence-corrected chi connectivity index (χ3v) is 3.82. The standard InChI is InChI=1S/C13H25N3O2/c1-10-7-11(9-16(10)12-3-4-12)15-8-13(17)14-5-6-18-2/h10-12,15H,3-9H2,1-2H3,(H,14,17). The summed E-state index contributed by atoms with van der Waals surface area (Å²) in [7, 11) is 1.64. The predicted molar refractivity (Wildman–Crippen MR) is 70.5 cm³/mol. The molecule has 0 bridgehead atoms. The van der Waals surface area contributed by atoms with E-state index in [-0.39, 0.29) is 5.91 Å². The van der Waals surface area contributed by atoms with Crippen molar-refractivity contribution in [1.82, 2.24) is 15.5 Å². The lowest BCUT2D eigenvalue weighted by molar-refractivity contribution is -0.120. The maximum absolute atomic E-state index is 11.5. The van der Waals surface area contributed by atoms with E-state index in [9.17, 15) is 4.79 Å². The van der Waals surface area contributed by atoms with Gasteiger partial charge in [0.2, 0.25) is 5.91 Å². The van der Waals surface area contributed by atoms with Gasteiger partial charge in [-0.3, -0.25) is 9.69 Å². The molecule has 1 heterocycles. The Morgan fingerprint density at radius 3 is 2.89 bits per heavy atom. The van der Waals surface area contributed by atoms with Gasteiger partial charge in [0.05, 0.1) is 13.2 Å². The smallest absolute Gasteiger partial charge is 0.234 e. The molecular formula is C13H25N3O2. The van der Waals surface area contributed by atoms with E-state index in [0.29, 0.717) is 31.8 Å². The molecule has 18 heavy (non-hydrogen) atoms. The van der Waals surface area contributed by atoms with Crippen molar-refractivity contribution in [2.75, 3.05) is 33.4 Å². The molecule has 0 spiro atoms. The second-order valence-electron chi connectivity index (χ2n) is 5.43. The lowest BCUT2D eigenvalue weighted by atomic mass is 10.2. The zero-order valence-corrected chi connectivity index (χ0v) is 11.4. The van der Waals surface area contributed by atoms with Gasteiger partial charge >= 0.3 is 0 Å². The number of likely N-dealkylation sites (tertiary alicyclic amines) is 1. The Kier molecular flexibility index (Phi) is 4.97. The van der Waals surface area contributed by atoms with Crippen molar-refractivity contribution in [3.63, 3.8) is 0 Å². The van der Waals surface area contributed by atoms with Crippen molar-refractivity contribution >= 4 is 5.91 Å². The van der Waals surface area contributed by atoms with Gasteiger partial charge in [-0.1, -0.05) is 0 Å². The van der Waals surface area contributed by atoms with E-state index in [1.165, 1.54) is 12.8 Å². The van der Waals surface area contributed by atoms with E-state index in [0.717, 1.165) is 19.0 Å². The fourth-order valence-electron chi connectivity index (χ4n) is 2.71. The molecule has 1 amide bonds. The molecule has 0 aromatic rings. The Bertz CT molecular complexity index is 281. The molecule has 2 aliphatic rings. The Labute approximate surface area is 109 Å². The summed E-state index contributed by atoms with van der Waals surface area (Å²) in [5.41, 5.74) is 0. The van der Waals surface area contributed by atoms with Crippen LogP contribution in [0.4, 0.5) is 0 Å². The summed E-state index contributed by atoms with van der Waals surface area (Å²) in [4.78, 5) is 14.1. The molecule has 0 aromatic heterocycles. The van der Waals surface area contributed by atoms with Crippen molar-refractivity contribution in [1.29, 1.82) is 0 Å². The van der Waals surface area contributed by atoms with Crippen LogP contribution in [0.5, 0.6) is 0 Å². The van der Waals surface area contributed by atoms with Gasteiger partial charge in [0.25, 0.3) is 0 Å². The van der Waals surface area contributed by atoms with E-state index in [1.54, 1.807) is 7.11 Å². The van der Waals surface area contributed by atoms with Crippen LogP contribution >= 0.6 is 0 Å². The van der Waals surface area contributed by atoms with Crippen LogP contribution in [-0.4, -0.2) is 62.3 Å². The summed E-state index contributed by atoms with van der Waals surface area (Å²) < 4.78 is 4.89. The first-order chi connectivity index (χ1) is 8.70. The van der Waals surface area contributed by atoms with Crippen LogP contribution in [0.2, 0.25) is 0 Å². The fourth-order valence-corrected chi connectivity index (χ4v) is 2.71. The van der Waals surface area contributed by atoms with Crippen LogP contribution in [0.25, 0.3) is 0 Å². The minimum atomic E-state index is 0.0598. The first-order valence-electron chi connectivity index (χ1n) is 6.95. The number of nitrogens with zero attached hydrogens (tertiary/aromatic N) is 1. The summed E-state index contributed by atoms with van der Waals surface area (Å²) in [5, 5.41) is 6.18. The highest BCUT2D eigenvalue weighted by Crippen LogP contribution is 2.33. The maximum Gasteiger partial charge on any atom is 0.234 e. The number of amides is 1. The zero-order chi connectivity index (χ0) is 13.0. The molecule has 5 heteroatoms. The SMILES string of the molecule is COCCNC(=O)CNC1CC(C)N(C2CC2)C1. The zero-order valence-electron chi connectivity index (χ0n) is 11.4. The normalized spacial score (nSPS) is 28.6. The highest BCUT2D eigenvalue weighted by atomic mass is 16.5. The molecule has 1 saturated heterocycles. The molecule has 0 radical (unpaired) electrons. The topological polar surface area (TPSA) is 53.6 Å². The van der Waals surface area contributed by atoms with Crippen LogP contribution in [0.3, 0.4) is 0 Å². The van der Waals surface area contributed by atoms with Gasteiger partial charge in [-0.2, -0.15) is 0 Å². The summed E-state index contributed by atoms with van der Waals surface area (Å²) in [6, 6.07) is 1.95. The van der Waals surface area contributed by atoms with E-state index < -0.39 is 0 Å². The predicted octanol–water partition coefficient (Wildman–Crippen LogP) is -0.0362.